The molecule has 1 atom stereocenters. The molecule has 3 amide bonds. The smallest absolute Gasteiger partial charge is 0.337 e. The lowest BCUT2D eigenvalue weighted by Crippen LogP contribution is -2.32. The second-order valence-electron chi connectivity index (χ2n) is 7.33. The first-order chi connectivity index (χ1) is 15.1. The van der Waals surface area contributed by atoms with Gasteiger partial charge in [0.2, 0.25) is 0 Å². The molecule has 4 rings (SSSR count). The summed E-state index contributed by atoms with van der Waals surface area (Å²) in [7, 11) is 1.31. The Morgan fingerprint density at radius 3 is 2.16 bits per heavy atom. The van der Waals surface area contributed by atoms with E-state index >= 15 is 0 Å². The third kappa shape index (κ3) is 4.19. The van der Waals surface area contributed by atoms with E-state index in [0.717, 1.165) is 11.1 Å². The van der Waals surface area contributed by atoms with Gasteiger partial charge in [0.15, 0.2) is 0 Å². The van der Waals surface area contributed by atoms with Crippen molar-refractivity contribution in [1.29, 1.82) is 0 Å². The van der Waals surface area contributed by atoms with Crippen LogP contribution in [0.5, 0.6) is 0 Å². The van der Waals surface area contributed by atoms with Gasteiger partial charge in [-0.25, -0.2) is 9.59 Å². The summed E-state index contributed by atoms with van der Waals surface area (Å²) < 4.78 is 4.77. The van der Waals surface area contributed by atoms with E-state index in [1.165, 1.54) is 12.0 Å². The maximum absolute atomic E-state index is 13.4. The van der Waals surface area contributed by atoms with Crippen molar-refractivity contribution in [2.45, 2.75) is 19.1 Å². The Morgan fingerprint density at radius 2 is 1.48 bits per heavy atom. The van der Waals surface area contributed by atoms with Gasteiger partial charge in [-0.3, -0.25) is 9.69 Å². The zero-order valence-electron chi connectivity index (χ0n) is 17.1. The van der Waals surface area contributed by atoms with Crippen LogP contribution in [-0.4, -0.2) is 34.8 Å². The number of esters is 1. The first-order valence-corrected chi connectivity index (χ1v) is 9.96. The molecule has 31 heavy (non-hydrogen) atoms. The minimum Gasteiger partial charge on any atom is -0.465 e. The first kappa shape index (κ1) is 20.3. The number of carbonyl (C=O) groups is 3. The molecule has 3 aromatic rings. The molecule has 1 saturated heterocycles. The second kappa shape index (κ2) is 8.83. The number of benzene rings is 3. The van der Waals surface area contributed by atoms with Gasteiger partial charge in [-0.2, -0.15) is 0 Å². The summed E-state index contributed by atoms with van der Waals surface area (Å²) >= 11 is 0. The summed E-state index contributed by atoms with van der Waals surface area (Å²) in [4.78, 5) is 41.4. The fourth-order valence-corrected chi connectivity index (χ4v) is 3.78. The molecule has 6 heteroatoms. The van der Waals surface area contributed by atoms with Crippen molar-refractivity contribution in [3.63, 3.8) is 0 Å². The number of rotatable bonds is 6. The molecule has 0 aromatic heterocycles. The van der Waals surface area contributed by atoms with Gasteiger partial charge in [0, 0.05) is 6.54 Å². The molecule has 3 aromatic carbocycles. The lowest BCUT2D eigenvalue weighted by atomic mass is 10.0. The van der Waals surface area contributed by atoms with Crippen LogP contribution >= 0.6 is 0 Å². The highest BCUT2D eigenvalue weighted by Gasteiger charge is 2.45. The van der Waals surface area contributed by atoms with Crippen molar-refractivity contribution in [1.82, 2.24) is 9.80 Å². The Hall–Kier alpha value is -3.93. The average molecular weight is 414 g/mol. The highest BCUT2D eigenvalue weighted by Crippen LogP contribution is 2.33. The summed E-state index contributed by atoms with van der Waals surface area (Å²) in [6.45, 7) is 0.404. The molecule has 1 aliphatic rings. The van der Waals surface area contributed by atoms with Crippen LogP contribution in [0.4, 0.5) is 4.79 Å². The topological polar surface area (TPSA) is 66.9 Å². The molecule has 0 spiro atoms. The summed E-state index contributed by atoms with van der Waals surface area (Å²) in [5, 5.41) is 0. The standard InChI is InChI=1S/C25H22N2O4/c1-31-24(29)21-14-8-11-19(15-21)17-27-23(28)22(20-12-6-3-7-13-20)26(25(27)30)16-18-9-4-2-5-10-18/h2-15,22H,16-17H2,1H3. The molecule has 1 heterocycles. The van der Waals surface area contributed by atoms with E-state index in [-0.39, 0.29) is 18.5 Å². The van der Waals surface area contributed by atoms with Crippen LogP contribution in [0.2, 0.25) is 0 Å². The van der Waals surface area contributed by atoms with Crippen LogP contribution in [0.3, 0.4) is 0 Å². The lowest BCUT2D eigenvalue weighted by Gasteiger charge is -2.22. The average Bonchev–Trinajstić information content (AvgIpc) is 3.04. The summed E-state index contributed by atoms with van der Waals surface area (Å²) in [6, 6.07) is 24.6. The number of hydrogen-bond donors (Lipinski definition) is 0. The third-order valence-corrected chi connectivity index (χ3v) is 5.29. The van der Waals surface area contributed by atoms with Gasteiger partial charge in [-0.15, -0.1) is 0 Å². The van der Waals surface area contributed by atoms with Crippen LogP contribution in [0, 0.1) is 0 Å². The number of hydrogen-bond acceptors (Lipinski definition) is 4. The van der Waals surface area contributed by atoms with E-state index in [4.69, 9.17) is 4.74 Å². The van der Waals surface area contributed by atoms with E-state index in [9.17, 15) is 14.4 Å². The number of ether oxygens (including phenoxy) is 1. The Bertz CT molecular complexity index is 1100. The lowest BCUT2D eigenvalue weighted by molar-refractivity contribution is -0.128. The summed E-state index contributed by atoms with van der Waals surface area (Å²) in [5.74, 6) is -0.746. The first-order valence-electron chi connectivity index (χ1n) is 9.96. The van der Waals surface area contributed by atoms with Gasteiger partial charge in [-0.1, -0.05) is 72.8 Å². The number of urea groups is 1. The maximum atomic E-state index is 13.4. The fourth-order valence-electron chi connectivity index (χ4n) is 3.78. The molecular formula is C25H22N2O4. The Kier molecular flexibility index (Phi) is 5.80. The molecule has 0 radical (unpaired) electrons. The predicted octanol–water partition coefficient (Wildman–Crippen LogP) is 4.18. The van der Waals surface area contributed by atoms with Gasteiger partial charge in [-0.05, 0) is 28.8 Å². The van der Waals surface area contributed by atoms with Gasteiger partial charge < -0.3 is 9.64 Å². The van der Waals surface area contributed by atoms with Gasteiger partial charge in [0.1, 0.15) is 6.04 Å². The number of imide groups is 1. The molecule has 156 valence electrons. The predicted molar refractivity (Wildman–Crippen MR) is 115 cm³/mol. The van der Waals surface area contributed by atoms with E-state index in [0.29, 0.717) is 17.7 Å². The van der Waals surface area contributed by atoms with Crippen LogP contribution in [-0.2, 0) is 22.6 Å². The number of methoxy groups -OCH3 is 1. The SMILES string of the molecule is COC(=O)c1cccc(CN2C(=O)C(c3ccccc3)N(Cc3ccccc3)C2=O)c1. The molecule has 0 aliphatic carbocycles. The maximum Gasteiger partial charge on any atom is 0.337 e. The van der Waals surface area contributed by atoms with Crippen LogP contribution in [0.25, 0.3) is 0 Å². The highest BCUT2D eigenvalue weighted by atomic mass is 16.5. The Labute approximate surface area is 180 Å². The van der Waals surface area contributed by atoms with E-state index < -0.39 is 12.0 Å². The zero-order chi connectivity index (χ0) is 21.8. The number of nitrogens with zero attached hydrogens (tertiary/aromatic N) is 2. The molecule has 1 aliphatic heterocycles. The summed E-state index contributed by atoms with van der Waals surface area (Å²) in [6.07, 6.45) is 0. The van der Waals surface area contributed by atoms with Gasteiger partial charge in [0.05, 0.1) is 19.2 Å². The monoisotopic (exact) mass is 414 g/mol. The van der Waals surface area contributed by atoms with Crippen molar-refractivity contribution in [2.75, 3.05) is 7.11 Å². The Morgan fingerprint density at radius 1 is 0.839 bits per heavy atom. The minimum atomic E-state index is -0.697. The molecule has 6 nitrogen and oxygen atoms in total. The van der Waals surface area contributed by atoms with Crippen molar-refractivity contribution >= 4 is 17.9 Å². The van der Waals surface area contributed by atoms with Crippen molar-refractivity contribution in [3.8, 4) is 0 Å². The molecular weight excluding hydrogens is 392 g/mol. The summed E-state index contributed by atoms with van der Waals surface area (Å²) in [5.41, 5.74) is 2.76. The van der Waals surface area contributed by atoms with Crippen molar-refractivity contribution in [2.24, 2.45) is 0 Å². The van der Waals surface area contributed by atoms with E-state index in [1.807, 2.05) is 60.7 Å². The fraction of sp³-hybridized carbons (Fsp3) is 0.160. The van der Waals surface area contributed by atoms with Gasteiger partial charge in [0.25, 0.3) is 5.91 Å². The minimum absolute atomic E-state index is 0.0805. The van der Waals surface area contributed by atoms with Crippen LogP contribution in [0.15, 0.2) is 84.9 Å². The zero-order valence-corrected chi connectivity index (χ0v) is 17.1. The normalized spacial score (nSPS) is 16.0. The highest BCUT2D eigenvalue weighted by molar-refractivity contribution is 6.04. The molecule has 1 unspecified atom stereocenters. The molecule has 0 saturated carbocycles. The molecule has 1 fully saturated rings. The van der Waals surface area contributed by atoms with E-state index in [2.05, 4.69) is 0 Å². The largest absolute Gasteiger partial charge is 0.465 e. The third-order valence-electron chi connectivity index (χ3n) is 5.29. The second-order valence-corrected chi connectivity index (χ2v) is 7.33. The van der Waals surface area contributed by atoms with E-state index in [1.54, 1.807) is 29.2 Å². The number of amides is 3. The van der Waals surface area contributed by atoms with Crippen molar-refractivity contribution < 1.29 is 19.1 Å². The van der Waals surface area contributed by atoms with Crippen LogP contribution < -0.4 is 0 Å². The molecule has 0 bridgehead atoms. The quantitative estimate of drug-likeness (QED) is 0.448. The number of carbonyl (C=O) groups excluding carboxylic acids is 3. The Balaban J connectivity index is 1.65. The van der Waals surface area contributed by atoms with Crippen LogP contribution in [0.1, 0.15) is 33.1 Å². The molecule has 0 N–H and O–H groups in total. The van der Waals surface area contributed by atoms with Gasteiger partial charge >= 0.3 is 12.0 Å². The van der Waals surface area contributed by atoms with Crippen molar-refractivity contribution in [3.05, 3.63) is 107 Å².